The average molecular weight is 197 g/mol. The molecule has 0 aromatic carbocycles. The van der Waals surface area contributed by atoms with Gasteiger partial charge in [-0.05, 0) is 18.3 Å². The lowest BCUT2D eigenvalue weighted by atomic mass is 9.79. The highest BCUT2D eigenvalue weighted by atomic mass is 16.5. The molecule has 0 spiro atoms. The first kappa shape index (κ1) is 10.4. The first-order chi connectivity index (χ1) is 6.88. The maximum atomic E-state index is 6.14. The van der Waals surface area contributed by atoms with Gasteiger partial charge in [0.25, 0.3) is 0 Å². The molecule has 1 saturated carbocycles. The zero-order valence-corrected chi connectivity index (χ0v) is 9.08. The lowest BCUT2D eigenvalue weighted by molar-refractivity contribution is 0.0259. The van der Waals surface area contributed by atoms with Crippen LogP contribution in [0.25, 0.3) is 0 Å². The van der Waals surface area contributed by atoms with E-state index in [0.717, 1.165) is 25.0 Å². The van der Waals surface area contributed by atoms with Crippen molar-refractivity contribution in [3.05, 3.63) is 0 Å². The van der Waals surface area contributed by atoms with E-state index in [0.29, 0.717) is 6.04 Å². The van der Waals surface area contributed by atoms with Gasteiger partial charge in [-0.2, -0.15) is 0 Å². The summed E-state index contributed by atoms with van der Waals surface area (Å²) < 4.78 is 5.41. The summed E-state index contributed by atoms with van der Waals surface area (Å²) in [6.07, 6.45) is 9.76. The fourth-order valence-corrected chi connectivity index (χ4v) is 3.10. The first-order valence-electron chi connectivity index (χ1n) is 6.21. The highest BCUT2D eigenvalue weighted by Gasteiger charge is 2.30. The Bertz CT molecular complexity index is 164. The van der Waals surface area contributed by atoms with E-state index in [4.69, 9.17) is 10.5 Å². The molecule has 2 N–H and O–H groups in total. The SMILES string of the molecule is NC1COCCC1C1CCCCCC1. The third-order valence-corrected chi connectivity index (χ3v) is 3.96. The lowest BCUT2D eigenvalue weighted by Gasteiger charge is -2.34. The zero-order chi connectivity index (χ0) is 9.80. The van der Waals surface area contributed by atoms with E-state index >= 15 is 0 Å². The minimum Gasteiger partial charge on any atom is -0.380 e. The molecule has 82 valence electrons. The van der Waals surface area contributed by atoms with Crippen molar-refractivity contribution >= 4 is 0 Å². The number of hydrogen-bond donors (Lipinski definition) is 1. The predicted molar refractivity (Wildman–Crippen MR) is 58.1 cm³/mol. The molecule has 1 aliphatic carbocycles. The molecule has 0 aromatic rings. The van der Waals surface area contributed by atoms with E-state index in [1.807, 2.05) is 0 Å². The Labute approximate surface area is 87.2 Å². The van der Waals surface area contributed by atoms with Crippen molar-refractivity contribution in [3.8, 4) is 0 Å². The van der Waals surface area contributed by atoms with Crippen molar-refractivity contribution in [2.45, 2.75) is 51.0 Å². The van der Waals surface area contributed by atoms with Crippen LogP contribution in [-0.2, 0) is 4.74 Å². The van der Waals surface area contributed by atoms with Gasteiger partial charge in [0.2, 0.25) is 0 Å². The van der Waals surface area contributed by atoms with Crippen molar-refractivity contribution < 1.29 is 4.74 Å². The van der Waals surface area contributed by atoms with Crippen LogP contribution in [-0.4, -0.2) is 19.3 Å². The van der Waals surface area contributed by atoms with Crippen LogP contribution in [0.4, 0.5) is 0 Å². The summed E-state index contributed by atoms with van der Waals surface area (Å²) in [5.74, 6) is 1.65. The molecule has 2 unspecified atom stereocenters. The van der Waals surface area contributed by atoms with Gasteiger partial charge in [0, 0.05) is 12.6 Å². The molecule has 0 aromatic heterocycles. The van der Waals surface area contributed by atoms with Crippen LogP contribution in [0.2, 0.25) is 0 Å². The maximum Gasteiger partial charge on any atom is 0.0620 e. The predicted octanol–water partition coefficient (Wildman–Crippen LogP) is 2.32. The van der Waals surface area contributed by atoms with Gasteiger partial charge in [-0.15, -0.1) is 0 Å². The molecule has 2 rings (SSSR count). The quantitative estimate of drug-likeness (QED) is 0.655. The molecule has 1 heterocycles. The Kier molecular flexibility index (Phi) is 3.82. The summed E-state index contributed by atoms with van der Waals surface area (Å²) in [6.45, 7) is 1.73. The smallest absolute Gasteiger partial charge is 0.0620 e. The van der Waals surface area contributed by atoms with E-state index in [1.54, 1.807) is 0 Å². The molecular weight excluding hydrogens is 174 g/mol. The molecule has 2 heteroatoms. The van der Waals surface area contributed by atoms with Gasteiger partial charge in [0.05, 0.1) is 6.61 Å². The van der Waals surface area contributed by atoms with Crippen molar-refractivity contribution in [1.82, 2.24) is 0 Å². The summed E-state index contributed by atoms with van der Waals surface area (Å²) in [7, 11) is 0. The topological polar surface area (TPSA) is 35.2 Å². The molecule has 0 radical (unpaired) electrons. The number of ether oxygens (including phenoxy) is 1. The second kappa shape index (κ2) is 5.13. The molecule has 1 saturated heterocycles. The summed E-state index contributed by atoms with van der Waals surface area (Å²) >= 11 is 0. The summed E-state index contributed by atoms with van der Waals surface area (Å²) in [4.78, 5) is 0. The maximum absolute atomic E-state index is 6.14. The van der Waals surface area contributed by atoms with Crippen LogP contribution in [0.5, 0.6) is 0 Å². The Balaban J connectivity index is 1.90. The van der Waals surface area contributed by atoms with Crippen molar-refractivity contribution in [2.75, 3.05) is 13.2 Å². The molecule has 2 nitrogen and oxygen atoms in total. The summed E-state index contributed by atoms with van der Waals surface area (Å²) in [5.41, 5.74) is 6.14. The van der Waals surface area contributed by atoms with Crippen LogP contribution in [0.3, 0.4) is 0 Å². The monoisotopic (exact) mass is 197 g/mol. The third-order valence-electron chi connectivity index (χ3n) is 3.96. The standard InChI is InChI=1S/C12H23NO/c13-12-9-14-8-7-11(12)10-5-3-1-2-4-6-10/h10-12H,1-9,13H2. The normalized spacial score (nSPS) is 36.6. The first-order valence-corrected chi connectivity index (χ1v) is 6.21. The second-order valence-electron chi connectivity index (χ2n) is 4.94. The van der Waals surface area contributed by atoms with Gasteiger partial charge in [-0.1, -0.05) is 38.5 Å². The Morgan fingerprint density at radius 2 is 1.64 bits per heavy atom. The zero-order valence-electron chi connectivity index (χ0n) is 9.08. The molecule has 1 aliphatic heterocycles. The van der Waals surface area contributed by atoms with Crippen LogP contribution >= 0.6 is 0 Å². The van der Waals surface area contributed by atoms with E-state index < -0.39 is 0 Å². The van der Waals surface area contributed by atoms with Gasteiger partial charge in [0.1, 0.15) is 0 Å². The Morgan fingerprint density at radius 3 is 2.29 bits per heavy atom. The van der Waals surface area contributed by atoms with Crippen LogP contribution in [0.15, 0.2) is 0 Å². The van der Waals surface area contributed by atoms with E-state index in [1.165, 1.54) is 44.9 Å². The van der Waals surface area contributed by atoms with Crippen LogP contribution in [0.1, 0.15) is 44.9 Å². The third kappa shape index (κ3) is 2.48. The van der Waals surface area contributed by atoms with E-state index in [9.17, 15) is 0 Å². The molecule has 0 bridgehead atoms. The van der Waals surface area contributed by atoms with Gasteiger partial charge >= 0.3 is 0 Å². The van der Waals surface area contributed by atoms with E-state index in [2.05, 4.69) is 0 Å². The highest BCUT2D eigenvalue weighted by molar-refractivity contribution is 4.83. The minimum absolute atomic E-state index is 0.312. The fraction of sp³-hybridized carbons (Fsp3) is 1.00. The summed E-state index contributed by atoms with van der Waals surface area (Å²) in [6, 6.07) is 0.312. The lowest BCUT2D eigenvalue weighted by Crippen LogP contribution is -2.43. The molecule has 2 aliphatic rings. The Hall–Kier alpha value is -0.0800. The molecule has 14 heavy (non-hydrogen) atoms. The molecule has 2 atom stereocenters. The fourth-order valence-electron chi connectivity index (χ4n) is 3.10. The summed E-state index contributed by atoms with van der Waals surface area (Å²) in [5, 5.41) is 0. The van der Waals surface area contributed by atoms with Gasteiger partial charge in [-0.25, -0.2) is 0 Å². The second-order valence-corrected chi connectivity index (χ2v) is 4.94. The molecular formula is C12H23NO. The minimum atomic E-state index is 0.312. The van der Waals surface area contributed by atoms with Crippen molar-refractivity contribution in [3.63, 3.8) is 0 Å². The van der Waals surface area contributed by atoms with Crippen molar-refractivity contribution in [1.29, 1.82) is 0 Å². The van der Waals surface area contributed by atoms with Gasteiger partial charge < -0.3 is 10.5 Å². The number of hydrogen-bond acceptors (Lipinski definition) is 2. The van der Waals surface area contributed by atoms with E-state index in [-0.39, 0.29) is 0 Å². The van der Waals surface area contributed by atoms with Crippen LogP contribution < -0.4 is 5.73 Å². The molecule has 2 fully saturated rings. The average Bonchev–Trinajstić information content (AvgIpc) is 2.47. The van der Waals surface area contributed by atoms with Gasteiger partial charge in [-0.3, -0.25) is 0 Å². The largest absolute Gasteiger partial charge is 0.380 e. The highest BCUT2D eigenvalue weighted by Crippen LogP contribution is 2.33. The number of rotatable bonds is 1. The number of nitrogens with two attached hydrogens (primary N) is 1. The van der Waals surface area contributed by atoms with Gasteiger partial charge in [0.15, 0.2) is 0 Å². The molecule has 0 amide bonds. The van der Waals surface area contributed by atoms with Crippen LogP contribution in [0, 0.1) is 11.8 Å². The Morgan fingerprint density at radius 1 is 0.929 bits per heavy atom. The van der Waals surface area contributed by atoms with Crippen molar-refractivity contribution in [2.24, 2.45) is 17.6 Å².